The molecule has 0 saturated carbocycles. The summed E-state index contributed by atoms with van der Waals surface area (Å²) in [5, 5.41) is 8.73. The summed E-state index contributed by atoms with van der Waals surface area (Å²) in [5.74, 6) is -3.07. The Kier molecular flexibility index (Phi) is 18.8. The summed E-state index contributed by atoms with van der Waals surface area (Å²) in [5.41, 5.74) is 3.22. The SMILES string of the molecule is CCC(C)[C@H](NC(=O)[C@@H](Cc1ccccc1)NC(=O)OCc1ccccc1)C(=O)N1CCCC[C@@H]1C(=O)N1CCCC[C@H]1C(=O)N[C@H](Cc1ccccc1)C(=O)N1CCC[C@H]1C(=O)OCc1ccccc1. The number of hydrogen-bond donors (Lipinski definition) is 3. The number of alkyl carbamates (subject to hydrolysis) is 1. The summed E-state index contributed by atoms with van der Waals surface area (Å²) in [4.78, 5) is 105. The Labute approximate surface area is 417 Å². The van der Waals surface area contributed by atoms with Gasteiger partial charge in [0.25, 0.3) is 0 Å². The van der Waals surface area contributed by atoms with Crippen LogP contribution in [0.2, 0.25) is 0 Å². The summed E-state index contributed by atoms with van der Waals surface area (Å²) in [6.07, 6.45) is 4.46. The smallest absolute Gasteiger partial charge is 0.408 e. The molecule has 7 rings (SSSR count). The molecule has 6 amide bonds. The number of likely N-dealkylation sites (tertiary alicyclic amines) is 3. The molecule has 0 radical (unpaired) electrons. The van der Waals surface area contributed by atoms with E-state index in [9.17, 15) is 33.6 Å². The summed E-state index contributed by atoms with van der Waals surface area (Å²) < 4.78 is 11.2. The molecule has 4 aromatic carbocycles. The van der Waals surface area contributed by atoms with Crippen molar-refractivity contribution in [3.05, 3.63) is 144 Å². The monoisotopic (exact) mass is 969 g/mol. The second-order valence-electron chi connectivity index (χ2n) is 18.9. The van der Waals surface area contributed by atoms with E-state index in [1.165, 1.54) is 4.90 Å². The van der Waals surface area contributed by atoms with Crippen LogP contribution in [0.4, 0.5) is 4.79 Å². The van der Waals surface area contributed by atoms with Crippen LogP contribution in [-0.4, -0.2) is 112 Å². The maximum Gasteiger partial charge on any atom is 0.408 e. The number of hydrogen-bond acceptors (Lipinski definition) is 9. The molecule has 3 saturated heterocycles. The number of carbonyl (C=O) groups is 7. The number of benzene rings is 4. The number of nitrogens with one attached hydrogen (secondary N) is 3. The van der Waals surface area contributed by atoms with Crippen molar-refractivity contribution >= 4 is 41.6 Å². The van der Waals surface area contributed by atoms with Gasteiger partial charge in [-0.1, -0.05) is 142 Å². The third-order valence-electron chi connectivity index (χ3n) is 14.0. The lowest BCUT2D eigenvalue weighted by molar-refractivity contribution is -0.156. The average Bonchev–Trinajstić information content (AvgIpc) is 3.91. The molecule has 0 bridgehead atoms. The van der Waals surface area contributed by atoms with Gasteiger partial charge in [0.2, 0.25) is 29.5 Å². The Bertz CT molecular complexity index is 2410. The highest BCUT2D eigenvalue weighted by atomic mass is 16.5. The van der Waals surface area contributed by atoms with Crippen molar-refractivity contribution in [1.29, 1.82) is 0 Å². The van der Waals surface area contributed by atoms with E-state index in [0.29, 0.717) is 64.3 Å². The molecule has 15 nitrogen and oxygen atoms in total. The number of rotatable bonds is 19. The molecule has 3 aliphatic heterocycles. The Balaban J connectivity index is 1.06. The summed E-state index contributed by atoms with van der Waals surface area (Å²) in [6, 6.07) is 31.3. The highest BCUT2D eigenvalue weighted by Crippen LogP contribution is 2.27. The first-order chi connectivity index (χ1) is 34.5. The lowest BCUT2D eigenvalue weighted by Gasteiger charge is -2.43. The van der Waals surface area contributed by atoms with Gasteiger partial charge in [-0.3, -0.25) is 24.0 Å². The summed E-state index contributed by atoms with van der Waals surface area (Å²) in [7, 11) is 0. The minimum Gasteiger partial charge on any atom is -0.459 e. The molecule has 7 atom stereocenters. The van der Waals surface area contributed by atoms with Crippen LogP contribution < -0.4 is 16.0 Å². The third-order valence-corrected chi connectivity index (χ3v) is 14.0. The largest absolute Gasteiger partial charge is 0.459 e. The zero-order valence-electron chi connectivity index (χ0n) is 40.9. The first kappa shape index (κ1) is 51.8. The van der Waals surface area contributed by atoms with Gasteiger partial charge in [-0.15, -0.1) is 0 Å². The van der Waals surface area contributed by atoms with Gasteiger partial charge in [0.15, 0.2) is 0 Å². The molecule has 376 valence electrons. The molecule has 3 heterocycles. The Morgan fingerprint density at radius 2 is 1.00 bits per heavy atom. The maximum absolute atomic E-state index is 14.9. The van der Waals surface area contributed by atoms with Gasteiger partial charge in [-0.25, -0.2) is 9.59 Å². The minimum atomic E-state index is -1.09. The quantitative estimate of drug-likeness (QED) is 0.0911. The van der Waals surface area contributed by atoms with Crippen molar-refractivity contribution in [2.75, 3.05) is 19.6 Å². The van der Waals surface area contributed by atoms with Crippen LogP contribution in [0.3, 0.4) is 0 Å². The van der Waals surface area contributed by atoms with Gasteiger partial charge in [0.05, 0.1) is 0 Å². The molecule has 0 spiro atoms. The zero-order chi connectivity index (χ0) is 50.1. The number of carbonyl (C=O) groups excluding carboxylic acids is 7. The molecule has 0 aliphatic carbocycles. The van der Waals surface area contributed by atoms with Crippen LogP contribution in [0.25, 0.3) is 0 Å². The van der Waals surface area contributed by atoms with Gasteiger partial charge in [-0.05, 0) is 79.5 Å². The van der Waals surface area contributed by atoms with Crippen molar-refractivity contribution in [1.82, 2.24) is 30.7 Å². The van der Waals surface area contributed by atoms with E-state index < -0.39 is 71.9 Å². The molecule has 4 aromatic rings. The van der Waals surface area contributed by atoms with Gasteiger partial charge in [-0.2, -0.15) is 0 Å². The predicted octanol–water partition coefficient (Wildman–Crippen LogP) is 6.28. The van der Waals surface area contributed by atoms with Gasteiger partial charge in [0, 0.05) is 32.5 Å². The standard InChI is InChI=1S/C56H68N6O9/c1-3-39(2)49(59-50(63)44(35-40-21-8-4-9-22-40)58-56(69)71-38-43-27-14-7-15-28-43)54(67)61-33-19-17-30-47(61)53(66)60-32-18-16-29-46(60)51(64)57-45(36-41-23-10-5-11-24-41)52(65)62-34-20-31-48(62)55(68)70-37-42-25-12-6-13-26-42/h4-15,21-28,39,44-49H,3,16-20,29-38H2,1-2H3,(H,57,64)(H,58,69)(H,59,63)/t39?,44-,45-,46+,47-,48+,49+/m1/s1. The van der Waals surface area contributed by atoms with E-state index in [0.717, 1.165) is 22.3 Å². The number of amides is 6. The minimum absolute atomic E-state index is 0.00354. The molecule has 3 fully saturated rings. The fourth-order valence-electron chi connectivity index (χ4n) is 9.81. The predicted molar refractivity (Wildman–Crippen MR) is 267 cm³/mol. The van der Waals surface area contributed by atoms with Crippen LogP contribution in [0.5, 0.6) is 0 Å². The Morgan fingerprint density at radius 1 is 0.521 bits per heavy atom. The van der Waals surface area contributed by atoms with Crippen LogP contribution >= 0.6 is 0 Å². The van der Waals surface area contributed by atoms with Gasteiger partial charge in [0.1, 0.15) is 49.5 Å². The van der Waals surface area contributed by atoms with E-state index in [4.69, 9.17) is 9.47 Å². The fourth-order valence-corrected chi connectivity index (χ4v) is 9.81. The molecule has 0 aromatic heterocycles. The topological polar surface area (TPSA) is 184 Å². The molecule has 15 heteroatoms. The Hall–Kier alpha value is -7.03. The van der Waals surface area contributed by atoms with E-state index in [1.54, 1.807) is 9.80 Å². The second kappa shape index (κ2) is 25.7. The van der Waals surface area contributed by atoms with Crippen LogP contribution in [-0.2, 0) is 64.3 Å². The maximum atomic E-state index is 14.9. The van der Waals surface area contributed by atoms with Crippen molar-refractivity contribution in [2.24, 2.45) is 5.92 Å². The number of piperidine rings is 2. The normalized spacial score (nSPS) is 19.6. The molecular weight excluding hydrogens is 901 g/mol. The second-order valence-corrected chi connectivity index (χ2v) is 18.9. The molecular formula is C56H68N6O9. The first-order valence-corrected chi connectivity index (χ1v) is 25.3. The first-order valence-electron chi connectivity index (χ1n) is 25.3. The van der Waals surface area contributed by atoms with Crippen molar-refractivity contribution in [3.63, 3.8) is 0 Å². The molecule has 3 aliphatic rings. The highest BCUT2D eigenvalue weighted by molar-refractivity contribution is 5.97. The van der Waals surface area contributed by atoms with Gasteiger partial charge >= 0.3 is 12.1 Å². The fraction of sp³-hybridized carbons (Fsp3) is 0.446. The molecule has 3 N–H and O–H groups in total. The average molecular weight is 969 g/mol. The van der Waals surface area contributed by atoms with E-state index >= 15 is 0 Å². The summed E-state index contributed by atoms with van der Waals surface area (Å²) in [6.45, 7) is 4.76. The highest BCUT2D eigenvalue weighted by Gasteiger charge is 2.44. The van der Waals surface area contributed by atoms with Crippen LogP contribution in [0.15, 0.2) is 121 Å². The van der Waals surface area contributed by atoms with Crippen molar-refractivity contribution in [3.8, 4) is 0 Å². The van der Waals surface area contributed by atoms with Crippen molar-refractivity contribution < 1.29 is 43.0 Å². The van der Waals surface area contributed by atoms with Gasteiger partial charge < -0.3 is 40.1 Å². The van der Waals surface area contributed by atoms with E-state index in [2.05, 4.69) is 16.0 Å². The lowest BCUT2D eigenvalue weighted by Crippen LogP contribution is -2.63. The van der Waals surface area contributed by atoms with Crippen LogP contribution in [0.1, 0.15) is 93.9 Å². The number of esters is 1. The lowest BCUT2D eigenvalue weighted by atomic mass is 9.92. The number of nitrogens with zero attached hydrogens (tertiary/aromatic N) is 3. The Morgan fingerprint density at radius 3 is 1.58 bits per heavy atom. The zero-order valence-corrected chi connectivity index (χ0v) is 40.9. The molecule has 71 heavy (non-hydrogen) atoms. The van der Waals surface area contributed by atoms with E-state index in [1.807, 2.05) is 135 Å². The molecule has 1 unspecified atom stereocenters. The van der Waals surface area contributed by atoms with E-state index in [-0.39, 0.29) is 51.0 Å². The summed E-state index contributed by atoms with van der Waals surface area (Å²) >= 11 is 0. The van der Waals surface area contributed by atoms with Crippen molar-refractivity contribution in [2.45, 2.75) is 134 Å². The number of ether oxygens (including phenoxy) is 2. The van der Waals surface area contributed by atoms with Crippen LogP contribution in [0, 0.1) is 5.92 Å². The third kappa shape index (κ3) is 14.1.